The molecule has 36 heavy (non-hydrogen) atoms. The third-order valence-electron chi connectivity index (χ3n) is 5.16. The SMILES string of the molecule is CCN(C(=O)n1nnn(-c2c(Cl)cccc2Cl)c1=O)c1ccc(C(=O)OCc2ccccc2)c(Cl)c1. The van der Waals surface area contributed by atoms with Crippen LogP contribution in [0.25, 0.3) is 5.69 Å². The summed E-state index contributed by atoms with van der Waals surface area (Å²) < 4.78 is 6.75. The van der Waals surface area contributed by atoms with E-state index in [0.29, 0.717) is 10.4 Å². The number of carbonyl (C=O) groups excluding carboxylic acids is 2. The largest absolute Gasteiger partial charge is 0.457 e. The zero-order valence-corrected chi connectivity index (χ0v) is 21.0. The zero-order valence-electron chi connectivity index (χ0n) is 18.8. The smallest absolute Gasteiger partial charge is 0.377 e. The second-order valence-corrected chi connectivity index (χ2v) is 8.63. The van der Waals surface area contributed by atoms with Crippen molar-refractivity contribution in [2.24, 2.45) is 0 Å². The fourth-order valence-corrected chi connectivity index (χ4v) is 4.19. The average molecular weight is 547 g/mol. The Hall–Kier alpha value is -3.66. The molecule has 0 spiro atoms. The van der Waals surface area contributed by atoms with Crippen molar-refractivity contribution in [1.29, 1.82) is 0 Å². The van der Waals surface area contributed by atoms with Gasteiger partial charge < -0.3 is 4.74 Å². The van der Waals surface area contributed by atoms with Gasteiger partial charge in [-0.2, -0.15) is 4.68 Å². The van der Waals surface area contributed by atoms with Crippen molar-refractivity contribution in [3.63, 3.8) is 0 Å². The molecule has 0 aliphatic heterocycles. The molecule has 1 amide bonds. The quantitative estimate of drug-likeness (QED) is 0.242. The number of para-hydroxylation sites is 1. The summed E-state index contributed by atoms with van der Waals surface area (Å²) >= 11 is 18.7. The lowest BCUT2D eigenvalue weighted by Crippen LogP contribution is -2.41. The molecular formula is C24H18Cl3N5O4. The maximum atomic E-state index is 13.2. The van der Waals surface area contributed by atoms with Gasteiger partial charge in [0.2, 0.25) is 0 Å². The standard InChI is InChI=1S/C24H18Cl3N5O4/c1-2-30(23(34)32-24(35)31(28-29-32)21-18(25)9-6-10-19(21)26)16-11-12-17(20(27)13-16)22(33)36-14-15-7-4-3-5-8-15/h3-13H,2,14H2,1H3. The Balaban J connectivity index is 1.57. The number of rotatable bonds is 6. The maximum Gasteiger partial charge on any atom is 0.377 e. The van der Waals surface area contributed by atoms with Gasteiger partial charge in [-0.15, -0.1) is 4.68 Å². The lowest BCUT2D eigenvalue weighted by molar-refractivity contribution is 0.0473. The van der Waals surface area contributed by atoms with E-state index in [4.69, 9.17) is 39.5 Å². The summed E-state index contributed by atoms with van der Waals surface area (Å²) in [5.74, 6) is -0.611. The second kappa shape index (κ2) is 10.9. The number of hydrogen-bond acceptors (Lipinski definition) is 6. The van der Waals surface area contributed by atoms with Gasteiger partial charge >= 0.3 is 17.7 Å². The number of carbonyl (C=O) groups is 2. The van der Waals surface area contributed by atoms with Gasteiger partial charge in [-0.3, -0.25) is 4.90 Å². The summed E-state index contributed by atoms with van der Waals surface area (Å²) in [5, 5.41) is 7.85. The topological polar surface area (TPSA) is 99.3 Å². The number of nitrogens with zero attached hydrogens (tertiary/aromatic N) is 5. The Labute approximate surface area is 220 Å². The molecule has 0 bridgehead atoms. The van der Waals surface area contributed by atoms with E-state index in [9.17, 15) is 14.4 Å². The number of anilines is 1. The van der Waals surface area contributed by atoms with Crippen LogP contribution in [0.5, 0.6) is 0 Å². The molecule has 4 rings (SSSR count). The Bertz CT molecular complexity index is 1470. The van der Waals surface area contributed by atoms with E-state index in [1.807, 2.05) is 30.3 Å². The molecule has 12 heteroatoms. The fraction of sp³-hybridized carbons (Fsp3) is 0.125. The highest BCUT2D eigenvalue weighted by Crippen LogP contribution is 2.27. The van der Waals surface area contributed by atoms with Crippen molar-refractivity contribution >= 4 is 52.5 Å². The highest BCUT2D eigenvalue weighted by atomic mass is 35.5. The van der Waals surface area contributed by atoms with E-state index >= 15 is 0 Å². The number of benzene rings is 3. The van der Waals surface area contributed by atoms with Gasteiger partial charge in [-0.1, -0.05) is 71.2 Å². The molecule has 0 unspecified atom stereocenters. The van der Waals surface area contributed by atoms with Crippen molar-refractivity contribution < 1.29 is 14.3 Å². The van der Waals surface area contributed by atoms with Crippen LogP contribution in [0.2, 0.25) is 15.1 Å². The predicted molar refractivity (Wildman–Crippen MR) is 136 cm³/mol. The van der Waals surface area contributed by atoms with E-state index in [1.54, 1.807) is 13.0 Å². The first-order valence-electron chi connectivity index (χ1n) is 10.6. The molecule has 3 aromatic carbocycles. The van der Waals surface area contributed by atoms with Crippen molar-refractivity contribution in [3.8, 4) is 5.69 Å². The Morgan fingerprint density at radius 1 is 0.917 bits per heavy atom. The molecule has 1 aromatic heterocycles. The monoisotopic (exact) mass is 545 g/mol. The molecule has 0 saturated carbocycles. The summed E-state index contributed by atoms with van der Waals surface area (Å²) in [7, 11) is 0. The van der Waals surface area contributed by atoms with Crippen LogP contribution in [-0.4, -0.2) is 38.3 Å². The molecule has 0 fully saturated rings. The van der Waals surface area contributed by atoms with Gasteiger partial charge in [0, 0.05) is 12.2 Å². The Morgan fingerprint density at radius 2 is 1.61 bits per heavy atom. The Kier molecular flexibility index (Phi) is 7.73. The molecule has 1 heterocycles. The summed E-state index contributed by atoms with van der Waals surface area (Å²) in [4.78, 5) is 39.8. The van der Waals surface area contributed by atoms with E-state index in [-0.39, 0.29) is 39.5 Å². The van der Waals surface area contributed by atoms with Gasteiger partial charge in [-0.05, 0) is 53.2 Å². The maximum absolute atomic E-state index is 13.2. The van der Waals surface area contributed by atoms with E-state index in [1.165, 1.54) is 35.2 Å². The van der Waals surface area contributed by atoms with Crippen molar-refractivity contribution in [2.75, 3.05) is 11.4 Å². The second-order valence-electron chi connectivity index (χ2n) is 7.41. The lowest BCUT2D eigenvalue weighted by atomic mass is 10.2. The number of halogens is 3. The van der Waals surface area contributed by atoms with Crippen LogP contribution < -0.4 is 10.6 Å². The third kappa shape index (κ3) is 5.13. The minimum atomic E-state index is -0.861. The number of hydrogen-bond donors (Lipinski definition) is 0. The molecule has 0 aliphatic rings. The minimum absolute atomic E-state index is 0.0793. The molecule has 0 radical (unpaired) electrons. The first-order chi connectivity index (χ1) is 17.3. The number of esters is 1. The van der Waals surface area contributed by atoms with Gasteiger partial charge in [0.25, 0.3) is 0 Å². The number of amides is 1. The van der Waals surface area contributed by atoms with Crippen LogP contribution in [0, 0.1) is 0 Å². The zero-order chi connectivity index (χ0) is 25.8. The number of ether oxygens (including phenoxy) is 1. The first kappa shape index (κ1) is 25.4. The molecular weight excluding hydrogens is 529 g/mol. The summed E-state index contributed by atoms with van der Waals surface area (Å²) in [6.45, 7) is 1.96. The minimum Gasteiger partial charge on any atom is -0.457 e. The number of tetrazole rings is 1. The normalized spacial score (nSPS) is 10.8. The van der Waals surface area contributed by atoms with Crippen molar-refractivity contribution in [3.05, 3.63) is 103 Å². The summed E-state index contributed by atoms with van der Waals surface area (Å²) in [6.07, 6.45) is 0. The molecule has 0 atom stereocenters. The predicted octanol–water partition coefficient (Wildman–Crippen LogP) is 5.24. The van der Waals surface area contributed by atoms with Gasteiger partial charge in [0.15, 0.2) is 0 Å². The Morgan fingerprint density at radius 3 is 2.25 bits per heavy atom. The van der Waals surface area contributed by atoms with E-state index in [2.05, 4.69) is 10.4 Å². The molecule has 0 N–H and O–H groups in total. The van der Waals surface area contributed by atoms with Crippen molar-refractivity contribution in [2.45, 2.75) is 13.5 Å². The van der Waals surface area contributed by atoms with Crippen LogP contribution in [0.15, 0.2) is 71.5 Å². The van der Waals surface area contributed by atoms with E-state index in [0.717, 1.165) is 10.2 Å². The van der Waals surface area contributed by atoms with Crippen LogP contribution in [0.3, 0.4) is 0 Å². The molecule has 184 valence electrons. The van der Waals surface area contributed by atoms with Gasteiger partial charge in [0.1, 0.15) is 12.3 Å². The van der Waals surface area contributed by atoms with Crippen LogP contribution in [-0.2, 0) is 11.3 Å². The molecule has 9 nitrogen and oxygen atoms in total. The van der Waals surface area contributed by atoms with Crippen molar-refractivity contribution in [1.82, 2.24) is 19.8 Å². The van der Waals surface area contributed by atoms with Crippen LogP contribution >= 0.6 is 34.8 Å². The van der Waals surface area contributed by atoms with E-state index < -0.39 is 17.7 Å². The fourth-order valence-electron chi connectivity index (χ4n) is 3.38. The lowest BCUT2D eigenvalue weighted by Gasteiger charge is -2.20. The van der Waals surface area contributed by atoms with Crippen LogP contribution in [0.4, 0.5) is 10.5 Å². The van der Waals surface area contributed by atoms with Gasteiger partial charge in [0.05, 0.1) is 20.6 Å². The summed E-state index contributed by atoms with van der Waals surface area (Å²) in [6, 6.07) is 17.5. The van der Waals surface area contributed by atoms with Crippen LogP contribution in [0.1, 0.15) is 22.8 Å². The van der Waals surface area contributed by atoms with Gasteiger partial charge in [-0.25, -0.2) is 14.4 Å². The summed E-state index contributed by atoms with van der Waals surface area (Å²) in [5.41, 5.74) is 0.550. The average Bonchev–Trinajstić information content (AvgIpc) is 3.24. The molecule has 0 aliphatic carbocycles. The molecule has 4 aromatic rings. The first-order valence-corrected chi connectivity index (χ1v) is 11.8. The highest BCUT2D eigenvalue weighted by molar-refractivity contribution is 6.37. The number of aromatic nitrogens is 4. The third-order valence-corrected chi connectivity index (χ3v) is 6.08. The molecule has 0 saturated heterocycles. The highest BCUT2D eigenvalue weighted by Gasteiger charge is 2.24.